The van der Waals surface area contributed by atoms with Crippen molar-refractivity contribution < 1.29 is 0 Å². The van der Waals surface area contributed by atoms with E-state index in [1.54, 1.807) is 0 Å². The first-order valence-corrected chi connectivity index (χ1v) is 5.25. The van der Waals surface area contributed by atoms with Crippen LogP contribution in [-0.2, 0) is 0 Å². The van der Waals surface area contributed by atoms with Crippen LogP contribution in [0.1, 0.15) is 27.8 Å². The Balaban J connectivity index is 3.15. The molecule has 1 aromatic rings. The third kappa shape index (κ3) is 2.28. The Kier molecular flexibility index (Phi) is 3.57. The van der Waals surface area contributed by atoms with E-state index in [9.17, 15) is 0 Å². The van der Waals surface area contributed by atoms with E-state index in [2.05, 4.69) is 32.9 Å². The van der Waals surface area contributed by atoms with E-state index in [1.165, 1.54) is 22.3 Å². The predicted molar refractivity (Wildman–Crippen MR) is 62.9 cm³/mol. The summed E-state index contributed by atoms with van der Waals surface area (Å²) >= 11 is 6.30. The van der Waals surface area contributed by atoms with Gasteiger partial charge in [0.25, 0.3) is 0 Å². The van der Waals surface area contributed by atoms with Gasteiger partial charge in [0, 0.05) is 0 Å². The van der Waals surface area contributed by atoms with E-state index >= 15 is 0 Å². The molecule has 1 unspecified atom stereocenters. The van der Waals surface area contributed by atoms with Gasteiger partial charge in [-0.1, -0.05) is 12.1 Å². The number of halogens is 1. The second kappa shape index (κ2) is 4.33. The summed E-state index contributed by atoms with van der Waals surface area (Å²) in [7, 11) is 3.98. The summed E-state index contributed by atoms with van der Waals surface area (Å²) < 4.78 is 0. The van der Waals surface area contributed by atoms with Crippen LogP contribution < -0.4 is 0 Å². The molecule has 0 aromatic heterocycles. The zero-order valence-electron chi connectivity index (χ0n) is 9.56. The highest BCUT2D eigenvalue weighted by Crippen LogP contribution is 2.27. The molecule has 0 spiro atoms. The number of hydrogen-bond donors (Lipinski definition) is 0. The number of rotatable bonds is 2. The molecule has 0 radical (unpaired) electrons. The van der Waals surface area contributed by atoms with Gasteiger partial charge in [-0.25, -0.2) is 0 Å². The van der Waals surface area contributed by atoms with Gasteiger partial charge in [0.2, 0.25) is 0 Å². The van der Waals surface area contributed by atoms with Crippen molar-refractivity contribution in [1.29, 1.82) is 0 Å². The van der Waals surface area contributed by atoms with Gasteiger partial charge in [-0.05, 0) is 57.1 Å². The molecule has 0 aliphatic rings. The van der Waals surface area contributed by atoms with Crippen molar-refractivity contribution in [3.63, 3.8) is 0 Å². The van der Waals surface area contributed by atoms with Crippen molar-refractivity contribution in [2.24, 2.45) is 0 Å². The zero-order chi connectivity index (χ0) is 10.9. The second-order valence-corrected chi connectivity index (χ2v) is 4.51. The molecule has 0 heterocycles. The molecular weight excluding hydrogens is 194 g/mol. The van der Waals surface area contributed by atoms with Crippen LogP contribution in [0.15, 0.2) is 12.1 Å². The van der Waals surface area contributed by atoms with Crippen LogP contribution in [0.3, 0.4) is 0 Å². The number of alkyl halides is 1. The highest BCUT2D eigenvalue weighted by atomic mass is 35.5. The van der Waals surface area contributed by atoms with Gasteiger partial charge >= 0.3 is 0 Å². The lowest BCUT2D eigenvalue weighted by Crippen LogP contribution is -2.16. The van der Waals surface area contributed by atoms with Crippen LogP contribution in [0.2, 0.25) is 0 Å². The fourth-order valence-electron chi connectivity index (χ4n) is 1.52. The summed E-state index contributed by atoms with van der Waals surface area (Å²) in [6.45, 7) is 6.36. The molecule has 0 saturated heterocycles. The molecule has 0 aliphatic heterocycles. The number of aryl methyl sites for hydroxylation is 3. The molecule has 0 N–H and O–H groups in total. The molecule has 2 heteroatoms. The lowest BCUT2D eigenvalue weighted by Gasteiger charge is -2.21. The van der Waals surface area contributed by atoms with E-state index in [1.807, 2.05) is 19.0 Å². The zero-order valence-corrected chi connectivity index (χ0v) is 10.3. The average molecular weight is 212 g/mol. The number of benzene rings is 1. The molecule has 0 saturated carbocycles. The smallest absolute Gasteiger partial charge is 0.110 e. The Morgan fingerprint density at radius 3 is 2.00 bits per heavy atom. The van der Waals surface area contributed by atoms with Crippen LogP contribution in [0.5, 0.6) is 0 Å². The van der Waals surface area contributed by atoms with E-state index in [4.69, 9.17) is 11.6 Å². The highest BCUT2D eigenvalue weighted by Gasteiger charge is 2.13. The van der Waals surface area contributed by atoms with Crippen LogP contribution >= 0.6 is 11.6 Å². The Bertz CT molecular complexity index is 331. The maximum Gasteiger partial charge on any atom is 0.110 e. The average Bonchev–Trinajstić information content (AvgIpc) is 2.10. The minimum absolute atomic E-state index is 0.0331. The summed E-state index contributed by atoms with van der Waals surface area (Å²) in [6, 6.07) is 4.38. The van der Waals surface area contributed by atoms with E-state index in [0.29, 0.717) is 0 Å². The third-order valence-electron chi connectivity index (χ3n) is 2.59. The van der Waals surface area contributed by atoms with Crippen LogP contribution in [-0.4, -0.2) is 19.0 Å². The van der Waals surface area contributed by atoms with Crippen molar-refractivity contribution in [3.05, 3.63) is 34.4 Å². The SMILES string of the molecule is Cc1cc(C)c(C(Cl)N(C)C)cc1C. The van der Waals surface area contributed by atoms with E-state index < -0.39 is 0 Å². The Morgan fingerprint density at radius 2 is 1.50 bits per heavy atom. The van der Waals surface area contributed by atoms with Gasteiger partial charge in [-0.2, -0.15) is 0 Å². The summed E-state index contributed by atoms with van der Waals surface area (Å²) in [6.07, 6.45) is 0. The van der Waals surface area contributed by atoms with Crippen LogP contribution in [0.25, 0.3) is 0 Å². The molecule has 0 fully saturated rings. The lowest BCUT2D eigenvalue weighted by molar-refractivity contribution is 0.383. The summed E-state index contributed by atoms with van der Waals surface area (Å²) in [5.74, 6) is 0. The van der Waals surface area contributed by atoms with Crippen molar-refractivity contribution in [2.75, 3.05) is 14.1 Å². The molecule has 14 heavy (non-hydrogen) atoms. The molecule has 0 aliphatic carbocycles. The highest BCUT2D eigenvalue weighted by molar-refractivity contribution is 6.20. The van der Waals surface area contributed by atoms with Gasteiger partial charge in [-0.3, -0.25) is 4.90 Å². The first-order valence-electron chi connectivity index (χ1n) is 4.81. The first kappa shape index (κ1) is 11.5. The molecule has 0 amide bonds. The predicted octanol–water partition coefficient (Wildman–Crippen LogP) is 3.41. The summed E-state index contributed by atoms with van der Waals surface area (Å²) in [5, 5.41) is 0. The Morgan fingerprint density at radius 1 is 1.00 bits per heavy atom. The second-order valence-electron chi connectivity index (χ2n) is 4.09. The maximum absolute atomic E-state index is 6.30. The minimum Gasteiger partial charge on any atom is -0.290 e. The van der Waals surface area contributed by atoms with Gasteiger partial charge in [0.15, 0.2) is 0 Å². The first-order chi connectivity index (χ1) is 6.43. The minimum atomic E-state index is -0.0331. The number of nitrogens with zero attached hydrogens (tertiary/aromatic N) is 1. The monoisotopic (exact) mass is 211 g/mol. The molecule has 1 atom stereocenters. The van der Waals surface area contributed by atoms with E-state index in [-0.39, 0.29) is 5.50 Å². The van der Waals surface area contributed by atoms with Gasteiger partial charge < -0.3 is 0 Å². The molecule has 0 bridgehead atoms. The molecule has 1 nitrogen and oxygen atoms in total. The number of hydrogen-bond acceptors (Lipinski definition) is 1. The normalized spacial score (nSPS) is 13.4. The molecule has 1 rings (SSSR count). The lowest BCUT2D eigenvalue weighted by atomic mass is 10.0. The Hall–Kier alpha value is -0.530. The largest absolute Gasteiger partial charge is 0.290 e. The van der Waals surface area contributed by atoms with Crippen molar-refractivity contribution in [1.82, 2.24) is 4.90 Å². The van der Waals surface area contributed by atoms with Gasteiger partial charge in [0.1, 0.15) is 5.50 Å². The Labute approximate surface area is 91.7 Å². The van der Waals surface area contributed by atoms with Crippen molar-refractivity contribution in [2.45, 2.75) is 26.3 Å². The topological polar surface area (TPSA) is 3.24 Å². The summed E-state index contributed by atoms with van der Waals surface area (Å²) in [4.78, 5) is 2.01. The fraction of sp³-hybridized carbons (Fsp3) is 0.500. The standard InChI is InChI=1S/C12H18ClN/c1-8-6-10(3)11(7-9(8)2)12(13)14(4)5/h6-7,12H,1-5H3. The van der Waals surface area contributed by atoms with Gasteiger partial charge in [0.05, 0.1) is 0 Å². The van der Waals surface area contributed by atoms with Crippen LogP contribution in [0, 0.1) is 20.8 Å². The molecule has 78 valence electrons. The fourth-order valence-corrected chi connectivity index (χ4v) is 1.75. The molecular formula is C12H18ClN. The third-order valence-corrected chi connectivity index (χ3v) is 3.22. The van der Waals surface area contributed by atoms with Crippen molar-refractivity contribution in [3.8, 4) is 0 Å². The van der Waals surface area contributed by atoms with E-state index in [0.717, 1.165) is 0 Å². The van der Waals surface area contributed by atoms with Crippen molar-refractivity contribution >= 4 is 11.6 Å². The quantitative estimate of drug-likeness (QED) is 0.535. The van der Waals surface area contributed by atoms with Crippen LogP contribution in [0.4, 0.5) is 0 Å². The summed E-state index contributed by atoms with van der Waals surface area (Å²) in [5.41, 5.74) is 5.07. The maximum atomic E-state index is 6.30. The molecule has 1 aromatic carbocycles. The van der Waals surface area contributed by atoms with Gasteiger partial charge in [-0.15, -0.1) is 11.6 Å².